The molecule has 0 bridgehead atoms. The van der Waals surface area contributed by atoms with Gasteiger partial charge in [0.05, 0.1) is 22.8 Å². The lowest BCUT2D eigenvalue weighted by atomic mass is 10.2. The molecule has 118 valence electrons. The molecule has 0 fully saturated rings. The first-order valence-electron chi connectivity index (χ1n) is 7.85. The number of nitrogens with one attached hydrogen (secondary N) is 2. The molecule has 0 unspecified atom stereocenters. The summed E-state index contributed by atoms with van der Waals surface area (Å²) in [5.74, 6) is 0.702. The molecule has 2 N–H and O–H groups in total. The molecular weight excluding hydrogens is 298 g/mol. The molecule has 0 aromatic carbocycles. The van der Waals surface area contributed by atoms with Gasteiger partial charge in [-0.1, -0.05) is 6.07 Å². The molecule has 4 aromatic heterocycles. The van der Waals surface area contributed by atoms with Gasteiger partial charge in [0.25, 0.3) is 0 Å². The van der Waals surface area contributed by atoms with Crippen LogP contribution in [0.3, 0.4) is 0 Å². The molecule has 24 heavy (non-hydrogen) atoms. The Bertz CT molecular complexity index is 953. The maximum atomic E-state index is 4.74. The summed E-state index contributed by atoms with van der Waals surface area (Å²) in [6, 6.07) is 16.0. The van der Waals surface area contributed by atoms with E-state index in [2.05, 4.69) is 32.1 Å². The van der Waals surface area contributed by atoms with Crippen molar-refractivity contribution in [3.05, 3.63) is 78.0 Å². The lowest BCUT2D eigenvalue weighted by molar-refractivity contribution is 0.988. The van der Waals surface area contributed by atoms with Crippen molar-refractivity contribution in [2.75, 3.05) is 0 Å². The van der Waals surface area contributed by atoms with Gasteiger partial charge in [-0.15, -0.1) is 0 Å². The summed E-state index contributed by atoms with van der Waals surface area (Å²) in [6.45, 7) is 2.04. The van der Waals surface area contributed by atoms with Gasteiger partial charge >= 0.3 is 0 Å². The minimum Gasteiger partial charge on any atom is -0.359 e. The van der Waals surface area contributed by atoms with Crippen molar-refractivity contribution < 1.29 is 0 Å². The second-order valence-electron chi connectivity index (χ2n) is 5.70. The number of nitrogens with zero attached hydrogens (tertiary/aromatic N) is 3. The summed E-state index contributed by atoms with van der Waals surface area (Å²) in [7, 11) is 0. The van der Waals surface area contributed by atoms with Gasteiger partial charge in [0.15, 0.2) is 5.82 Å². The van der Waals surface area contributed by atoms with Gasteiger partial charge in [-0.05, 0) is 49.4 Å². The first-order valence-corrected chi connectivity index (χ1v) is 7.85. The van der Waals surface area contributed by atoms with Gasteiger partial charge in [0, 0.05) is 30.2 Å². The van der Waals surface area contributed by atoms with Crippen molar-refractivity contribution in [1.29, 1.82) is 0 Å². The third kappa shape index (κ3) is 2.96. The third-order valence-corrected chi connectivity index (χ3v) is 3.83. The summed E-state index contributed by atoms with van der Waals surface area (Å²) >= 11 is 0. The number of rotatable bonds is 4. The normalized spacial score (nSPS) is 10.9. The van der Waals surface area contributed by atoms with Gasteiger partial charge in [-0.3, -0.25) is 4.98 Å². The molecule has 5 heteroatoms. The minimum absolute atomic E-state index is 0.670. The highest BCUT2D eigenvalue weighted by atomic mass is 14.9. The van der Waals surface area contributed by atoms with Crippen molar-refractivity contribution in [3.8, 4) is 22.9 Å². The number of aryl methyl sites for hydroxylation is 1. The fraction of sp³-hybridized carbons (Fsp3) is 0.105. The second-order valence-corrected chi connectivity index (χ2v) is 5.70. The Hall–Kier alpha value is -3.21. The van der Waals surface area contributed by atoms with E-state index < -0.39 is 0 Å². The zero-order chi connectivity index (χ0) is 16.4. The monoisotopic (exact) mass is 315 g/mol. The predicted molar refractivity (Wildman–Crippen MR) is 93.4 cm³/mol. The third-order valence-electron chi connectivity index (χ3n) is 3.83. The summed E-state index contributed by atoms with van der Waals surface area (Å²) in [6.07, 6.45) is 4.33. The number of aromatic amines is 2. The molecule has 4 heterocycles. The second kappa shape index (κ2) is 6.12. The fourth-order valence-corrected chi connectivity index (χ4v) is 2.66. The summed E-state index contributed by atoms with van der Waals surface area (Å²) in [5, 5.41) is 0. The fourth-order valence-electron chi connectivity index (χ4n) is 2.66. The number of hydrogen-bond donors (Lipinski definition) is 2. The van der Waals surface area contributed by atoms with Crippen LogP contribution in [0.4, 0.5) is 0 Å². The van der Waals surface area contributed by atoms with Gasteiger partial charge in [0.1, 0.15) is 0 Å². The Balaban J connectivity index is 1.61. The van der Waals surface area contributed by atoms with Crippen LogP contribution in [0.5, 0.6) is 0 Å². The predicted octanol–water partition coefficient (Wildman–Crippen LogP) is 3.76. The first kappa shape index (κ1) is 14.4. The molecule has 4 rings (SSSR count). The van der Waals surface area contributed by atoms with Crippen LogP contribution >= 0.6 is 0 Å². The lowest BCUT2D eigenvalue weighted by Crippen LogP contribution is -1.99. The van der Waals surface area contributed by atoms with Gasteiger partial charge in [-0.25, -0.2) is 9.97 Å². The van der Waals surface area contributed by atoms with Crippen LogP contribution < -0.4 is 0 Å². The van der Waals surface area contributed by atoms with Crippen LogP contribution in [0.15, 0.2) is 60.9 Å². The Morgan fingerprint density at radius 1 is 0.875 bits per heavy atom. The molecule has 0 aliphatic rings. The van der Waals surface area contributed by atoms with E-state index in [0.29, 0.717) is 12.2 Å². The summed E-state index contributed by atoms with van der Waals surface area (Å²) in [5.41, 5.74) is 5.95. The van der Waals surface area contributed by atoms with Crippen LogP contribution in [0.25, 0.3) is 22.9 Å². The quantitative estimate of drug-likeness (QED) is 0.602. The largest absolute Gasteiger partial charge is 0.359 e. The minimum atomic E-state index is 0.670. The SMILES string of the molecule is Cc1ccc(-c2cccc(Cc3ccnc(-c4ccc[nH]4)n3)n2)[nH]1. The Morgan fingerprint density at radius 3 is 2.58 bits per heavy atom. The van der Waals surface area contributed by atoms with Crippen molar-refractivity contribution in [1.82, 2.24) is 24.9 Å². The number of H-pyrrole nitrogens is 2. The topological polar surface area (TPSA) is 70.2 Å². The van der Waals surface area contributed by atoms with Crippen molar-refractivity contribution >= 4 is 0 Å². The van der Waals surface area contributed by atoms with Crippen LogP contribution in [0.2, 0.25) is 0 Å². The van der Waals surface area contributed by atoms with Crippen LogP contribution in [-0.4, -0.2) is 24.9 Å². The molecule has 0 radical (unpaired) electrons. The van der Waals surface area contributed by atoms with Gasteiger partial charge < -0.3 is 9.97 Å². The van der Waals surface area contributed by atoms with E-state index in [1.165, 1.54) is 0 Å². The van der Waals surface area contributed by atoms with E-state index in [1.807, 2.05) is 49.5 Å². The van der Waals surface area contributed by atoms with Crippen molar-refractivity contribution in [3.63, 3.8) is 0 Å². The molecule has 0 saturated carbocycles. The standard InChI is InChI=1S/C19H17N5/c1-13-7-8-17(22-13)16-5-2-4-14(23-16)12-15-9-11-21-19(24-15)18-6-3-10-20-18/h2-11,20,22H,12H2,1H3. The number of aromatic nitrogens is 5. The lowest BCUT2D eigenvalue weighted by Gasteiger charge is -2.05. The molecule has 0 aliphatic carbocycles. The van der Waals surface area contributed by atoms with E-state index in [0.717, 1.165) is 34.2 Å². The Labute approximate surface area is 139 Å². The van der Waals surface area contributed by atoms with E-state index in [-0.39, 0.29) is 0 Å². The molecule has 0 aliphatic heterocycles. The van der Waals surface area contributed by atoms with E-state index >= 15 is 0 Å². The average molecular weight is 315 g/mol. The van der Waals surface area contributed by atoms with Crippen LogP contribution in [0.1, 0.15) is 17.1 Å². The number of hydrogen-bond acceptors (Lipinski definition) is 3. The molecular formula is C19H17N5. The maximum Gasteiger partial charge on any atom is 0.176 e. The number of pyridine rings is 1. The highest BCUT2D eigenvalue weighted by molar-refractivity contribution is 5.55. The molecule has 5 nitrogen and oxygen atoms in total. The maximum absolute atomic E-state index is 4.74. The van der Waals surface area contributed by atoms with E-state index in [9.17, 15) is 0 Å². The summed E-state index contributed by atoms with van der Waals surface area (Å²) < 4.78 is 0. The smallest absolute Gasteiger partial charge is 0.176 e. The first-order chi connectivity index (χ1) is 11.8. The van der Waals surface area contributed by atoms with Gasteiger partial charge in [0.2, 0.25) is 0 Å². The molecule has 0 amide bonds. The van der Waals surface area contributed by atoms with Crippen molar-refractivity contribution in [2.45, 2.75) is 13.3 Å². The van der Waals surface area contributed by atoms with Gasteiger partial charge in [-0.2, -0.15) is 0 Å². The molecule has 0 saturated heterocycles. The van der Waals surface area contributed by atoms with Crippen LogP contribution in [-0.2, 0) is 6.42 Å². The molecule has 0 spiro atoms. The summed E-state index contributed by atoms with van der Waals surface area (Å²) in [4.78, 5) is 20.1. The zero-order valence-electron chi connectivity index (χ0n) is 13.3. The Morgan fingerprint density at radius 2 is 1.79 bits per heavy atom. The van der Waals surface area contributed by atoms with Crippen molar-refractivity contribution in [2.24, 2.45) is 0 Å². The van der Waals surface area contributed by atoms with Crippen LogP contribution in [0, 0.1) is 6.92 Å². The highest BCUT2D eigenvalue weighted by Crippen LogP contribution is 2.18. The van der Waals surface area contributed by atoms with E-state index in [4.69, 9.17) is 4.98 Å². The Kier molecular flexibility index (Phi) is 3.67. The molecule has 0 atom stereocenters. The van der Waals surface area contributed by atoms with E-state index in [1.54, 1.807) is 6.20 Å². The average Bonchev–Trinajstić information content (AvgIpc) is 3.27. The zero-order valence-corrected chi connectivity index (χ0v) is 13.3. The molecule has 4 aromatic rings. The highest BCUT2D eigenvalue weighted by Gasteiger charge is 2.07.